The van der Waals surface area contributed by atoms with Gasteiger partial charge in [-0.2, -0.15) is 0 Å². The fourth-order valence-electron chi connectivity index (χ4n) is 3.89. The Balaban J connectivity index is 1.90. The van der Waals surface area contributed by atoms with Crippen LogP contribution in [0, 0.1) is 0 Å². The second kappa shape index (κ2) is 5.31. The highest BCUT2D eigenvalue weighted by Crippen LogP contribution is 2.47. The minimum Gasteiger partial charge on any atom is -0.497 e. The molecule has 0 aromatic heterocycles. The Bertz CT molecular complexity index is 781. The first-order chi connectivity index (χ1) is 11.1. The van der Waals surface area contributed by atoms with Gasteiger partial charge >= 0.3 is 0 Å². The maximum Gasteiger partial charge on any atom is 0.118 e. The van der Waals surface area contributed by atoms with Gasteiger partial charge in [0.2, 0.25) is 0 Å². The highest BCUT2D eigenvalue weighted by molar-refractivity contribution is 6.31. The summed E-state index contributed by atoms with van der Waals surface area (Å²) in [5.74, 6) is 0.880. The van der Waals surface area contributed by atoms with E-state index in [0.29, 0.717) is 0 Å². The zero-order valence-electron chi connectivity index (χ0n) is 13.5. The molecule has 2 aromatic rings. The van der Waals surface area contributed by atoms with Gasteiger partial charge in [0.05, 0.1) is 12.6 Å². The maximum absolute atomic E-state index is 6.29. The third kappa shape index (κ3) is 2.33. The first kappa shape index (κ1) is 14.6. The molecular formula is C20H20ClNO. The third-order valence-electron chi connectivity index (χ3n) is 5.08. The minimum atomic E-state index is 0.0933. The van der Waals surface area contributed by atoms with E-state index < -0.39 is 0 Å². The van der Waals surface area contributed by atoms with Crippen molar-refractivity contribution in [2.75, 3.05) is 18.6 Å². The lowest BCUT2D eigenvalue weighted by atomic mass is 9.84. The van der Waals surface area contributed by atoms with Crippen molar-refractivity contribution in [2.45, 2.75) is 25.3 Å². The molecule has 2 heterocycles. The number of rotatable bonds is 2. The van der Waals surface area contributed by atoms with E-state index in [1.54, 1.807) is 7.11 Å². The largest absolute Gasteiger partial charge is 0.497 e. The molecule has 0 radical (unpaired) electrons. The van der Waals surface area contributed by atoms with Gasteiger partial charge in [0.1, 0.15) is 5.75 Å². The van der Waals surface area contributed by atoms with Crippen LogP contribution in [0.15, 0.2) is 48.5 Å². The third-order valence-corrected chi connectivity index (χ3v) is 5.31. The van der Waals surface area contributed by atoms with E-state index in [2.05, 4.69) is 42.2 Å². The smallest absolute Gasteiger partial charge is 0.118 e. The van der Waals surface area contributed by atoms with Crippen LogP contribution in [-0.4, -0.2) is 19.2 Å². The summed E-state index contributed by atoms with van der Waals surface area (Å²) in [5, 5.41) is 0.783. The first-order valence-corrected chi connectivity index (χ1v) is 8.43. The van der Waals surface area contributed by atoms with Gasteiger partial charge in [-0.05, 0) is 61.2 Å². The Morgan fingerprint density at radius 2 is 1.91 bits per heavy atom. The summed E-state index contributed by atoms with van der Waals surface area (Å²) >= 11 is 6.29. The molecule has 1 unspecified atom stereocenters. The predicted molar refractivity (Wildman–Crippen MR) is 96.5 cm³/mol. The molecule has 0 spiro atoms. The lowest BCUT2D eigenvalue weighted by Crippen LogP contribution is -2.42. The van der Waals surface area contributed by atoms with Gasteiger partial charge < -0.3 is 9.64 Å². The van der Waals surface area contributed by atoms with Crippen LogP contribution in [0.5, 0.6) is 5.75 Å². The number of benzene rings is 2. The van der Waals surface area contributed by atoms with Crippen LogP contribution in [-0.2, 0) is 0 Å². The molecule has 23 heavy (non-hydrogen) atoms. The van der Waals surface area contributed by atoms with Gasteiger partial charge in [0, 0.05) is 22.8 Å². The molecule has 0 aliphatic carbocycles. The van der Waals surface area contributed by atoms with Gasteiger partial charge in [0.15, 0.2) is 0 Å². The standard InChI is InChI=1S/C20H20ClNO/c1-20-10-3-11-22(20)19-9-6-15(21)12-17(19)18(13-20)14-4-7-16(23-2)8-5-14/h4-9,12-13H,3,10-11H2,1-2H3. The zero-order valence-corrected chi connectivity index (χ0v) is 14.2. The second-order valence-corrected chi connectivity index (χ2v) is 7.00. The molecule has 1 saturated heterocycles. The van der Waals surface area contributed by atoms with Crippen molar-refractivity contribution in [1.29, 1.82) is 0 Å². The van der Waals surface area contributed by atoms with E-state index in [1.807, 2.05) is 18.2 Å². The molecule has 2 aliphatic rings. The van der Waals surface area contributed by atoms with E-state index in [9.17, 15) is 0 Å². The summed E-state index contributed by atoms with van der Waals surface area (Å²) < 4.78 is 5.29. The summed E-state index contributed by atoms with van der Waals surface area (Å²) in [5.41, 5.74) is 5.09. The number of ether oxygens (including phenoxy) is 1. The predicted octanol–water partition coefficient (Wildman–Crippen LogP) is 5.15. The van der Waals surface area contributed by atoms with Gasteiger partial charge in [0.25, 0.3) is 0 Å². The van der Waals surface area contributed by atoms with Crippen molar-refractivity contribution in [2.24, 2.45) is 0 Å². The normalized spacial score (nSPS) is 22.4. The molecule has 0 bridgehead atoms. The summed E-state index contributed by atoms with van der Waals surface area (Å²) in [6, 6.07) is 14.5. The number of halogens is 1. The van der Waals surface area contributed by atoms with Crippen molar-refractivity contribution < 1.29 is 4.74 Å². The van der Waals surface area contributed by atoms with E-state index in [-0.39, 0.29) is 5.54 Å². The van der Waals surface area contributed by atoms with Crippen LogP contribution in [0.3, 0.4) is 0 Å². The fraction of sp³-hybridized carbons (Fsp3) is 0.300. The zero-order chi connectivity index (χ0) is 16.0. The van der Waals surface area contributed by atoms with Gasteiger partial charge in [-0.1, -0.05) is 29.8 Å². The summed E-state index contributed by atoms with van der Waals surface area (Å²) in [7, 11) is 1.70. The lowest BCUT2D eigenvalue weighted by molar-refractivity contribution is 0.415. The number of fused-ring (bicyclic) bond motifs is 3. The van der Waals surface area contributed by atoms with Crippen molar-refractivity contribution >= 4 is 22.9 Å². The molecule has 2 nitrogen and oxygen atoms in total. The minimum absolute atomic E-state index is 0.0933. The number of anilines is 1. The van der Waals surface area contributed by atoms with Crippen molar-refractivity contribution in [3.8, 4) is 5.75 Å². The summed E-state index contributed by atoms with van der Waals surface area (Å²) in [6.45, 7) is 3.44. The topological polar surface area (TPSA) is 12.5 Å². The van der Waals surface area contributed by atoms with E-state index >= 15 is 0 Å². The van der Waals surface area contributed by atoms with Crippen molar-refractivity contribution in [3.05, 3.63) is 64.7 Å². The van der Waals surface area contributed by atoms with Crippen molar-refractivity contribution in [1.82, 2.24) is 0 Å². The van der Waals surface area contributed by atoms with Crippen LogP contribution < -0.4 is 9.64 Å². The fourth-order valence-corrected chi connectivity index (χ4v) is 4.06. The molecule has 2 aliphatic heterocycles. The average Bonchev–Trinajstić information content (AvgIpc) is 2.96. The molecule has 0 saturated carbocycles. The molecular weight excluding hydrogens is 306 g/mol. The Morgan fingerprint density at radius 1 is 1.13 bits per heavy atom. The summed E-state index contributed by atoms with van der Waals surface area (Å²) in [4.78, 5) is 2.52. The van der Waals surface area contributed by atoms with Crippen molar-refractivity contribution in [3.63, 3.8) is 0 Å². The van der Waals surface area contributed by atoms with E-state index in [1.165, 1.54) is 35.2 Å². The monoisotopic (exact) mass is 325 g/mol. The highest BCUT2D eigenvalue weighted by atomic mass is 35.5. The number of nitrogens with zero attached hydrogens (tertiary/aromatic N) is 1. The van der Waals surface area contributed by atoms with Gasteiger partial charge in [-0.3, -0.25) is 0 Å². The molecule has 1 atom stereocenters. The molecule has 2 aromatic carbocycles. The van der Waals surface area contributed by atoms with E-state index in [0.717, 1.165) is 17.3 Å². The highest BCUT2D eigenvalue weighted by Gasteiger charge is 2.39. The SMILES string of the molecule is COc1ccc(C2=CC3(C)CCCN3c3ccc(Cl)cc32)cc1. The quantitative estimate of drug-likeness (QED) is 0.756. The Labute approximate surface area is 142 Å². The van der Waals surface area contributed by atoms with Crippen LogP contribution in [0.4, 0.5) is 5.69 Å². The number of hydrogen-bond donors (Lipinski definition) is 0. The molecule has 118 valence electrons. The maximum atomic E-state index is 6.29. The first-order valence-electron chi connectivity index (χ1n) is 8.06. The van der Waals surface area contributed by atoms with Gasteiger partial charge in [-0.15, -0.1) is 0 Å². The number of hydrogen-bond acceptors (Lipinski definition) is 2. The number of methoxy groups -OCH3 is 1. The Hall–Kier alpha value is -1.93. The molecule has 4 rings (SSSR count). The van der Waals surface area contributed by atoms with E-state index in [4.69, 9.17) is 16.3 Å². The van der Waals surface area contributed by atoms with Gasteiger partial charge in [-0.25, -0.2) is 0 Å². The average molecular weight is 326 g/mol. The van der Waals surface area contributed by atoms with Crippen LogP contribution >= 0.6 is 11.6 Å². The molecule has 1 fully saturated rings. The Kier molecular flexibility index (Phi) is 3.38. The molecule has 0 amide bonds. The van der Waals surface area contributed by atoms with Crippen LogP contribution in [0.25, 0.3) is 5.57 Å². The second-order valence-electron chi connectivity index (χ2n) is 6.56. The Morgan fingerprint density at radius 3 is 2.65 bits per heavy atom. The molecule has 3 heteroatoms. The van der Waals surface area contributed by atoms with Crippen LogP contribution in [0.1, 0.15) is 30.9 Å². The van der Waals surface area contributed by atoms with Crippen LogP contribution in [0.2, 0.25) is 5.02 Å². The summed E-state index contributed by atoms with van der Waals surface area (Å²) in [6.07, 6.45) is 4.83. The molecule has 0 N–H and O–H groups in total. The lowest BCUT2D eigenvalue weighted by Gasteiger charge is -2.41.